The van der Waals surface area contributed by atoms with Crippen molar-refractivity contribution >= 4 is 29.5 Å². The zero-order valence-electron chi connectivity index (χ0n) is 12.7. The Labute approximate surface area is 136 Å². The van der Waals surface area contributed by atoms with Gasteiger partial charge < -0.3 is 18.9 Å². The summed E-state index contributed by atoms with van der Waals surface area (Å²) in [4.78, 5) is 36.4. The standard InChI is InChI=1S/C12H16ClN3O7/c1-5(17)20-10-8(4-13)23-12(22-7(3)19)11(21-6(2)18)9(10)15-16-14/h8-12H,4H2,1-3H3/t8-,9+,10-,11-,12?/m1/s1. The maximum atomic E-state index is 11.3. The van der Waals surface area contributed by atoms with Crippen LogP contribution in [0.1, 0.15) is 20.8 Å². The summed E-state index contributed by atoms with van der Waals surface area (Å²) in [5, 5.41) is 3.50. The number of carbonyl (C=O) groups is 3. The molecule has 10 nitrogen and oxygen atoms in total. The Bertz CT molecular complexity index is 523. The van der Waals surface area contributed by atoms with Crippen LogP contribution in [0.3, 0.4) is 0 Å². The summed E-state index contributed by atoms with van der Waals surface area (Å²) in [5.74, 6) is -2.23. The SMILES string of the molecule is CC(=O)OC1O[C@H](CCl)[C@@H](OC(C)=O)[C@H](N=[N+]=[N-])[C@H]1OC(C)=O. The van der Waals surface area contributed by atoms with Crippen LogP contribution in [-0.4, -0.2) is 54.4 Å². The fourth-order valence-electron chi connectivity index (χ4n) is 2.12. The number of rotatable bonds is 5. The second-order valence-corrected chi connectivity index (χ2v) is 4.96. The van der Waals surface area contributed by atoms with Crippen LogP contribution >= 0.6 is 11.6 Å². The smallest absolute Gasteiger partial charge is 0.305 e. The Hall–Kier alpha value is -2.03. The summed E-state index contributed by atoms with van der Waals surface area (Å²) in [6.45, 7) is 3.40. The van der Waals surface area contributed by atoms with Crippen molar-refractivity contribution in [2.24, 2.45) is 5.11 Å². The third-order valence-electron chi connectivity index (χ3n) is 2.84. The molecule has 1 saturated heterocycles. The van der Waals surface area contributed by atoms with E-state index in [9.17, 15) is 14.4 Å². The van der Waals surface area contributed by atoms with E-state index in [0.29, 0.717) is 0 Å². The molecule has 1 unspecified atom stereocenters. The Balaban J connectivity index is 3.22. The number of hydrogen-bond donors (Lipinski definition) is 0. The number of esters is 3. The number of hydrogen-bond acceptors (Lipinski definition) is 8. The molecule has 0 aliphatic carbocycles. The highest BCUT2D eigenvalue weighted by molar-refractivity contribution is 6.18. The van der Waals surface area contributed by atoms with E-state index < -0.39 is 48.6 Å². The van der Waals surface area contributed by atoms with E-state index in [1.54, 1.807) is 0 Å². The van der Waals surface area contributed by atoms with Gasteiger partial charge in [-0.05, 0) is 5.53 Å². The average Bonchev–Trinajstić information content (AvgIpc) is 2.43. The Morgan fingerprint density at radius 1 is 1.09 bits per heavy atom. The van der Waals surface area contributed by atoms with Gasteiger partial charge in [0.15, 0.2) is 6.10 Å². The lowest BCUT2D eigenvalue weighted by molar-refractivity contribution is -0.265. The van der Waals surface area contributed by atoms with Gasteiger partial charge in [0.05, 0.1) is 5.88 Å². The molecule has 1 aliphatic heterocycles. The van der Waals surface area contributed by atoms with Gasteiger partial charge in [-0.2, -0.15) is 0 Å². The molecule has 1 aliphatic rings. The van der Waals surface area contributed by atoms with Crippen LogP contribution in [0.5, 0.6) is 0 Å². The third-order valence-corrected chi connectivity index (χ3v) is 3.14. The van der Waals surface area contributed by atoms with Gasteiger partial charge in [-0.3, -0.25) is 14.4 Å². The first kappa shape index (κ1) is 19.0. The molecule has 0 aromatic heterocycles. The van der Waals surface area contributed by atoms with Gasteiger partial charge in [0, 0.05) is 25.7 Å². The second kappa shape index (κ2) is 8.56. The molecule has 1 fully saturated rings. The quantitative estimate of drug-likeness (QED) is 0.180. The van der Waals surface area contributed by atoms with Crippen molar-refractivity contribution in [3.8, 4) is 0 Å². The third kappa shape index (κ3) is 5.27. The molecule has 0 bridgehead atoms. The zero-order valence-corrected chi connectivity index (χ0v) is 13.4. The number of nitrogens with zero attached hydrogens (tertiary/aromatic N) is 3. The first-order chi connectivity index (χ1) is 10.8. The number of azide groups is 1. The minimum atomic E-state index is -1.34. The molecule has 1 heterocycles. The fraction of sp³-hybridized carbons (Fsp3) is 0.750. The molecule has 128 valence electrons. The Morgan fingerprint density at radius 2 is 1.61 bits per heavy atom. The highest BCUT2D eigenvalue weighted by Gasteiger charge is 2.50. The van der Waals surface area contributed by atoms with Crippen molar-refractivity contribution in [3.05, 3.63) is 10.4 Å². The van der Waals surface area contributed by atoms with E-state index in [2.05, 4.69) is 10.0 Å². The number of alkyl halides is 1. The van der Waals surface area contributed by atoms with Crippen molar-refractivity contribution in [2.45, 2.75) is 51.4 Å². The molecule has 0 spiro atoms. The lowest BCUT2D eigenvalue weighted by Gasteiger charge is -2.42. The molecule has 0 aromatic carbocycles. The minimum absolute atomic E-state index is 0.139. The van der Waals surface area contributed by atoms with Gasteiger partial charge in [0.1, 0.15) is 18.2 Å². The highest BCUT2D eigenvalue weighted by atomic mass is 35.5. The van der Waals surface area contributed by atoms with Crippen LogP contribution in [0.15, 0.2) is 5.11 Å². The summed E-state index contributed by atoms with van der Waals surface area (Å²) >= 11 is 5.78. The number of carbonyl (C=O) groups excluding carboxylic acids is 3. The van der Waals surface area contributed by atoms with E-state index in [0.717, 1.165) is 20.8 Å². The summed E-state index contributed by atoms with van der Waals surface area (Å²) in [6, 6.07) is -1.17. The predicted molar refractivity (Wildman–Crippen MR) is 75.2 cm³/mol. The van der Waals surface area contributed by atoms with Gasteiger partial charge in [-0.15, -0.1) is 11.6 Å². The second-order valence-electron chi connectivity index (χ2n) is 4.65. The van der Waals surface area contributed by atoms with Crippen molar-refractivity contribution < 1.29 is 33.3 Å². The van der Waals surface area contributed by atoms with E-state index >= 15 is 0 Å². The van der Waals surface area contributed by atoms with Crippen LogP contribution in [0.2, 0.25) is 0 Å². The normalized spacial score (nSPS) is 29.8. The van der Waals surface area contributed by atoms with Gasteiger partial charge in [-0.1, -0.05) is 5.11 Å². The average molecular weight is 350 g/mol. The van der Waals surface area contributed by atoms with Crippen LogP contribution in [0.4, 0.5) is 0 Å². The topological polar surface area (TPSA) is 137 Å². The van der Waals surface area contributed by atoms with E-state index in [1.807, 2.05) is 0 Å². The minimum Gasteiger partial charge on any atom is -0.459 e. The van der Waals surface area contributed by atoms with Crippen LogP contribution in [0.25, 0.3) is 10.4 Å². The fourth-order valence-corrected chi connectivity index (χ4v) is 2.37. The van der Waals surface area contributed by atoms with Crippen molar-refractivity contribution in [1.29, 1.82) is 0 Å². The van der Waals surface area contributed by atoms with E-state index in [1.165, 1.54) is 0 Å². The monoisotopic (exact) mass is 349 g/mol. The Morgan fingerprint density at radius 3 is 2.04 bits per heavy atom. The van der Waals surface area contributed by atoms with Crippen molar-refractivity contribution in [2.75, 3.05) is 5.88 Å². The summed E-state index contributed by atoms with van der Waals surface area (Å²) in [6.07, 6.45) is -4.65. The zero-order chi connectivity index (χ0) is 17.6. The van der Waals surface area contributed by atoms with Crippen molar-refractivity contribution in [3.63, 3.8) is 0 Å². The summed E-state index contributed by atoms with van der Waals surface area (Å²) in [5.41, 5.74) is 8.75. The maximum absolute atomic E-state index is 11.3. The van der Waals surface area contributed by atoms with Crippen LogP contribution < -0.4 is 0 Å². The molecule has 0 amide bonds. The van der Waals surface area contributed by atoms with Gasteiger partial charge in [0.25, 0.3) is 0 Å². The summed E-state index contributed by atoms with van der Waals surface area (Å²) in [7, 11) is 0. The molecule has 0 N–H and O–H groups in total. The maximum Gasteiger partial charge on any atom is 0.305 e. The van der Waals surface area contributed by atoms with Crippen LogP contribution in [-0.2, 0) is 33.3 Å². The number of halogens is 1. The molecule has 1 rings (SSSR count). The molecule has 5 atom stereocenters. The predicted octanol–water partition coefficient (Wildman–Crippen LogP) is 1.06. The highest BCUT2D eigenvalue weighted by Crippen LogP contribution is 2.30. The molecule has 23 heavy (non-hydrogen) atoms. The molecule has 0 saturated carbocycles. The molecule has 0 radical (unpaired) electrons. The van der Waals surface area contributed by atoms with E-state index in [4.69, 9.17) is 36.1 Å². The molecule has 11 heteroatoms. The first-order valence-electron chi connectivity index (χ1n) is 6.57. The summed E-state index contributed by atoms with van der Waals surface area (Å²) < 4.78 is 20.5. The van der Waals surface area contributed by atoms with Gasteiger partial charge in [0.2, 0.25) is 6.29 Å². The lowest BCUT2D eigenvalue weighted by atomic mass is 9.97. The Kier molecular flexibility index (Phi) is 7.08. The first-order valence-corrected chi connectivity index (χ1v) is 7.10. The van der Waals surface area contributed by atoms with Crippen molar-refractivity contribution in [1.82, 2.24) is 0 Å². The number of ether oxygens (including phenoxy) is 4. The molecular weight excluding hydrogens is 334 g/mol. The van der Waals surface area contributed by atoms with Gasteiger partial charge >= 0.3 is 17.9 Å². The van der Waals surface area contributed by atoms with E-state index in [-0.39, 0.29) is 5.88 Å². The largest absolute Gasteiger partial charge is 0.459 e. The molecule has 0 aromatic rings. The lowest BCUT2D eigenvalue weighted by Crippen LogP contribution is -2.60. The molecular formula is C12H16ClN3O7. The van der Waals surface area contributed by atoms with Gasteiger partial charge in [-0.25, -0.2) is 0 Å². The van der Waals surface area contributed by atoms with Crippen LogP contribution in [0, 0.1) is 0 Å².